The predicted octanol–water partition coefficient (Wildman–Crippen LogP) is 3.50. The average molecular weight is 321 g/mol. The maximum absolute atomic E-state index is 12.2. The number of benzene rings is 1. The standard InChI is InChI=1S/C18H27NO2S/c1-13-3-9-17(10-4-13)19-18(21)14(2)22-12-16-7-5-15(11-20)6-8-16/h5-8,13-14,17,20H,3-4,9-12H2,1-2H3,(H,19,21). The van der Waals surface area contributed by atoms with E-state index in [1.165, 1.54) is 18.4 Å². The molecular weight excluding hydrogens is 294 g/mol. The number of aliphatic hydroxyl groups is 1. The molecule has 1 amide bonds. The van der Waals surface area contributed by atoms with E-state index in [2.05, 4.69) is 12.2 Å². The Morgan fingerprint density at radius 2 is 1.82 bits per heavy atom. The molecule has 0 spiro atoms. The zero-order valence-electron chi connectivity index (χ0n) is 13.5. The van der Waals surface area contributed by atoms with Crippen LogP contribution in [0.1, 0.15) is 50.7 Å². The van der Waals surface area contributed by atoms with Gasteiger partial charge in [-0.3, -0.25) is 4.79 Å². The van der Waals surface area contributed by atoms with Crippen LogP contribution < -0.4 is 5.32 Å². The molecule has 0 aromatic heterocycles. The van der Waals surface area contributed by atoms with E-state index in [0.29, 0.717) is 6.04 Å². The first kappa shape index (κ1) is 17.4. The maximum atomic E-state index is 12.2. The summed E-state index contributed by atoms with van der Waals surface area (Å²) in [7, 11) is 0. The number of rotatable bonds is 6. The van der Waals surface area contributed by atoms with Crippen LogP contribution in [0.15, 0.2) is 24.3 Å². The highest BCUT2D eigenvalue weighted by Crippen LogP contribution is 2.24. The monoisotopic (exact) mass is 321 g/mol. The van der Waals surface area contributed by atoms with Gasteiger partial charge in [-0.25, -0.2) is 0 Å². The minimum atomic E-state index is -0.0307. The van der Waals surface area contributed by atoms with Crippen molar-refractivity contribution in [3.8, 4) is 0 Å². The molecule has 1 aliphatic rings. The topological polar surface area (TPSA) is 49.3 Å². The summed E-state index contributed by atoms with van der Waals surface area (Å²) >= 11 is 1.67. The van der Waals surface area contributed by atoms with E-state index >= 15 is 0 Å². The summed E-state index contributed by atoms with van der Waals surface area (Å²) in [6.07, 6.45) is 4.69. The summed E-state index contributed by atoms with van der Waals surface area (Å²) in [6, 6.07) is 8.28. The van der Waals surface area contributed by atoms with Crippen molar-refractivity contribution in [2.45, 2.75) is 63.2 Å². The zero-order valence-corrected chi connectivity index (χ0v) is 14.4. The fourth-order valence-electron chi connectivity index (χ4n) is 2.76. The Balaban J connectivity index is 1.73. The summed E-state index contributed by atoms with van der Waals surface area (Å²) in [5, 5.41) is 12.2. The van der Waals surface area contributed by atoms with Crippen LogP contribution in [0.4, 0.5) is 0 Å². The normalized spacial score (nSPS) is 23.0. The number of carbonyl (C=O) groups is 1. The summed E-state index contributed by atoms with van der Waals surface area (Å²) < 4.78 is 0. The summed E-state index contributed by atoms with van der Waals surface area (Å²) in [6.45, 7) is 4.35. The van der Waals surface area contributed by atoms with E-state index < -0.39 is 0 Å². The molecule has 1 fully saturated rings. The lowest BCUT2D eigenvalue weighted by Crippen LogP contribution is -2.41. The van der Waals surface area contributed by atoms with Crippen LogP contribution in [0.25, 0.3) is 0 Å². The molecule has 1 atom stereocenters. The average Bonchev–Trinajstić information content (AvgIpc) is 2.55. The van der Waals surface area contributed by atoms with E-state index in [-0.39, 0.29) is 17.8 Å². The first-order valence-corrected chi connectivity index (χ1v) is 9.24. The van der Waals surface area contributed by atoms with Gasteiger partial charge >= 0.3 is 0 Å². The van der Waals surface area contributed by atoms with Gasteiger partial charge in [0.25, 0.3) is 0 Å². The van der Waals surface area contributed by atoms with Gasteiger partial charge in [-0.15, -0.1) is 11.8 Å². The van der Waals surface area contributed by atoms with Crippen molar-refractivity contribution in [3.63, 3.8) is 0 Å². The molecule has 1 aromatic carbocycles. The Hall–Kier alpha value is -1.00. The van der Waals surface area contributed by atoms with Crippen molar-refractivity contribution < 1.29 is 9.90 Å². The molecule has 1 saturated carbocycles. The second-order valence-corrected chi connectivity index (χ2v) is 7.72. The van der Waals surface area contributed by atoms with Crippen molar-refractivity contribution in [3.05, 3.63) is 35.4 Å². The molecule has 4 heteroatoms. The van der Waals surface area contributed by atoms with E-state index in [4.69, 9.17) is 5.11 Å². The highest BCUT2D eigenvalue weighted by Gasteiger charge is 2.22. The van der Waals surface area contributed by atoms with Crippen molar-refractivity contribution in [2.75, 3.05) is 0 Å². The van der Waals surface area contributed by atoms with Crippen LogP contribution in [0.5, 0.6) is 0 Å². The molecule has 3 nitrogen and oxygen atoms in total. The molecule has 0 heterocycles. The zero-order chi connectivity index (χ0) is 15.9. The van der Waals surface area contributed by atoms with Crippen molar-refractivity contribution in [1.29, 1.82) is 0 Å². The van der Waals surface area contributed by atoms with E-state index in [9.17, 15) is 4.79 Å². The van der Waals surface area contributed by atoms with Crippen LogP contribution in [-0.4, -0.2) is 22.3 Å². The number of hydrogen-bond acceptors (Lipinski definition) is 3. The van der Waals surface area contributed by atoms with Gasteiger partial charge in [0.05, 0.1) is 11.9 Å². The number of nitrogens with one attached hydrogen (secondary N) is 1. The highest BCUT2D eigenvalue weighted by atomic mass is 32.2. The minimum Gasteiger partial charge on any atom is -0.392 e. The molecule has 122 valence electrons. The van der Waals surface area contributed by atoms with Gasteiger partial charge in [0.1, 0.15) is 0 Å². The SMILES string of the molecule is CC1CCC(NC(=O)C(C)SCc2ccc(CO)cc2)CC1. The number of amides is 1. The molecule has 0 radical (unpaired) electrons. The Kier molecular flexibility index (Phi) is 6.77. The lowest BCUT2D eigenvalue weighted by molar-refractivity contribution is -0.121. The third kappa shape index (κ3) is 5.33. The summed E-state index contributed by atoms with van der Waals surface area (Å²) in [4.78, 5) is 12.2. The third-order valence-electron chi connectivity index (χ3n) is 4.44. The first-order chi connectivity index (χ1) is 10.6. The fourth-order valence-corrected chi connectivity index (χ4v) is 3.62. The van der Waals surface area contributed by atoms with Gasteiger partial charge in [-0.1, -0.05) is 31.2 Å². The largest absolute Gasteiger partial charge is 0.392 e. The Morgan fingerprint density at radius 3 is 2.41 bits per heavy atom. The molecule has 22 heavy (non-hydrogen) atoms. The quantitative estimate of drug-likeness (QED) is 0.843. The second kappa shape index (κ2) is 8.59. The second-order valence-electron chi connectivity index (χ2n) is 6.39. The number of thioether (sulfide) groups is 1. The lowest BCUT2D eigenvalue weighted by Gasteiger charge is -2.27. The number of aliphatic hydroxyl groups excluding tert-OH is 1. The lowest BCUT2D eigenvalue weighted by atomic mass is 9.87. The van der Waals surface area contributed by atoms with Gasteiger partial charge < -0.3 is 10.4 Å². The van der Waals surface area contributed by atoms with Gasteiger partial charge in [0, 0.05) is 11.8 Å². The molecule has 0 aliphatic heterocycles. The molecular formula is C18H27NO2S. The first-order valence-electron chi connectivity index (χ1n) is 8.19. The summed E-state index contributed by atoms with van der Waals surface area (Å²) in [5.74, 6) is 1.79. The Morgan fingerprint density at radius 1 is 1.23 bits per heavy atom. The molecule has 2 N–H and O–H groups in total. The highest BCUT2D eigenvalue weighted by molar-refractivity contribution is 7.99. The Bertz CT molecular complexity index is 466. The van der Waals surface area contributed by atoms with Crippen LogP contribution >= 0.6 is 11.8 Å². The van der Waals surface area contributed by atoms with Crippen LogP contribution in [0.2, 0.25) is 0 Å². The molecule has 0 saturated heterocycles. The molecule has 2 rings (SSSR count). The van der Waals surface area contributed by atoms with Gasteiger partial charge in [-0.05, 0) is 49.7 Å². The molecule has 1 aromatic rings. The van der Waals surface area contributed by atoms with Gasteiger partial charge in [-0.2, -0.15) is 0 Å². The van der Waals surface area contributed by atoms with Gasteiger partial charge in [0.15, 0.2) is 0 Å². The number of carbonyl (C=O) groups excluding carboxylic acids is 1. The van der Waals surface area contributed by atoms with Crippen LogP contribution in [-0.2, 0) is 17.2 Å². The van der Waals surface area contributed by atoms with Crippen LogP contribution in [0, 0.1) is 5.92 Å². The molecule has 1 unspecified atom stereocenters. The van der Waals surface area contributed by atoms with Crippen molar-refractivity contribution in [1.82, 2.24) is 5.32 Å². The fraction of sp³-hybridized carbons (Fsp3) is 0.611. The molecule has 1 aliphatic carbocycles. The maximum Gasteiger partial charge on any atom is 0.233 e. The minimum absolute atomic E-state index is 0.0307. The van der Waals surface area contributed by atoms with Crippen molar-refractivity contribution >= 4 is 17.7 Å². The van der Waals surface area contributed by atoms with Crippen LogP contribution in [0.3, 0.4) is 0 Å². The Labute approximate surface area is 137 Å². The molecule has 0 bridgehead atoms. The smallest absolute Gasteiger partial charge is 0.233 e. The van der Waals surface area contributed by atoms with E-state index in [0.717, 1.165) is 30.1 Å². The number of hydrogen-bond donors (Lipinski definition) is 2. The van der Waals surface area contributed by atoms with Gasteiger partial charge in [0.2, 0.25) is 5.91 Å². The van der Waals surface area contributed by atoms with Crippen molar-refractivity contribution in [2.24, 2.45) is 5.92 Å². The van der Waals surface area contributed by atoms with E-state index in [1.807, 2.05) is 31.2 Å². The third-order valence-corrected chi connectivity index (χ3v) is 5.65. The summed E-state index contributed by atoms with van der Waals surface area (Å²) in [5.41, 5.74) is 2.11. The predicted molar refractivity (Wildman–Crippen MR) is 92.7 cm³/mol. The van der Waals surface area contributed by atoms with E-state index in [1.54, 1.807) is 11.8 Å².